The molecule has 7 heteroatoms. The lowest BCUT2D eigenvalue weighted by Gasteiger charge is -2.42. The maximum absolute atomic E-state index is 14.2. The second-order valence-corrected chi connectivity index (χ2v) is 7.96. The van der Waals surface area contributed by atoms with Gasteiger partial charge < -0.3 is 15.5 Å². The minimum atomic E-state index is -4.50. The quantitative estimate of drug-likeness (QED) is 0.730. The molecule has 2 atom stereocenters. The zero-order valence-electron chi connectivity index (χ0n) is 15.2. The Kier molecular flexibility index (Phi) is 4.05. The van der Waals surface area contributed by atoms with Gasteiger partial charge in [0.05, 0.1) is 11.3 Å². The van der Waals surface area contributed by atoms with Crippen LogP contribution in [-0.2, 0) is 12.6 Å². The van der Waals surface area contributed by atoms with Gasteiger partial charge in [0.15, 0.2) is 0 Å². The Morgan fingerprint density at radius 1 is 1.11 bits per heavy atom. The van der Waals surface area contributed by atoms with Crippen LogP contribution in [0.25, 0.3) is 0 Å². The van der Waals surface area contributed by atoms with Gasteiger partial charge in [-0.15, -0.1) is 0 Å². The van der Waals surface area contributed by atoms with E-state index in [0.29, 0.717) is 17.5 Å². The molecule has 3 nitrogen and oxygen atoms in total. The number of aryl methyl sites for hydroxylation is 1. The summed E-state index contributed by atoms with van der Waals surface area (Å²) in [6.07, 6.45) is -2.52. The van der Waals surface area contributed by atoms with E-state index in [2.05, 4.69) is 15.5 Å². The van der Waals surface area contributed by atoms with E-state index in [4.69, 9.17) is 0 Å². The molecular formula is C21H21F4N3. The van der Waals surface area contributed by atoms with Gasteiger partial charge >= 0.3 is 6.18 Å². The Morgan fingerprint density at radius 3 is 2.79 bits per heavy atom. The molecule has 0 spiro atoms. The van der Waals surface area contributed by atoms with E-state index < -0.39 is 17.6 Å². The SMILES string of the molecule is Fc1ccc(C(F)(F)F)cc1Nc1cc2c3c(c1)C1CNC[C@@H]1CN3CCC2. The smallest absolute Gasteiger partial charge is 0.371 e. The van der Waals surface area contributed by atoms with Gasteiger partial charge in [0, 0.05) is 43.5 Å². The highest BCUT2D eigenvalue weighted by Gasteiger charge is 2.39. The third kappa shape index (κ3) is 2.92. The fourth-order valence-corrected chi connectivity index (χ4v) is 4.93. The molecule has 0 aromatic heterocycles. The summed E-state index contributed by atoms with van der Waals surface area (Å²) in [6.45, 7) is 3.98. The number of benzene rings is 2. The molecule has 5 rings (SSSR count). The maximum atomic E-state index is 14.2. The maximum Gasteiger partial charge on any atom is 0.416 e. The van der Waals surface area contributed by atoms with Crippen molar-refractivity contribution in [2.45, 2.75) is 24.9 Å². The van der Waals surface area contributed by atoms with Crippen LogP contribution in [0.4, 0.5) is 34.6 Å². The van der Waals surface area contributed by atoms with Crippen molar-refractivity contribution in [3.8, 4) is 0 Å². The normalized spacial score (nSPS) is 23.4. The van der Waals surface area contributed by atoms with E-state index in [1.165, 1.54) is 16.8 Å². The Morgan fingerprint density at radius 2 is 1.96 bits per heavy atom. The zero-order valence-corrected chi connectivity index (χ0v) is 15.2. The average Bonchev–Trinajstić information content (AvgIpc) is 3.11. The fraction of sp³-hybridized carbons (Fsp3) is 0.429. The first-order valence-corrected chi connectivity index (χ1v) is 9.66. The van der Waals surface area contributed by atoms with Crippen LogP contribution in [0, 0.1) is 11.7 Å². The molecule has 0 aliphatic carbocycles. The Labute approximate surface area is 160 Å². The Balaban J connectivity index is 1.55. The second kappa shape index (κ2) is 6.37. The molecule has 0 radical (unpaired) electrons. The van der Waals surface area contributed by atoms with E-state index in [0.717, 1.165) is 57.2 Å². The molecule has 1 saturated heterocycles. The highest BCUT2D eigenvalue weighted by atomic mass is 19.4. The number of fused-ring (bicyclic) bond motifs is 2. The van der Waals surface area contributed by atoms with Crippen molar-refractivity contribution in [1.82, 2.24) is 5.32 Å². The lowest BCUT2D eigenvalue weighted by Crippen LogP contribution is -2.41. The molecule has 1 fully saturated rings. The highest BCUT2D eigenvalue weighted by Crippen LogP contribution is 2.46. The second-order valence-electron chi connectivity index (χ2n) is 7.96. The number of nitrogens with one attached hydrogen (secondary N) is 2. The molecule has 1 unspecified atom stereocenters. The Bertz CT molecular complexity index is 925. The van der Waals surface area contributed by atoms with Gasteiger partial charge in [0.25, 0.3) is 0 Å². The summed E-state index contributed by atoms with van der Waals surface area (Å²) in [6, 6.07) is 6.44. The fourth-order valence-electron chi connectivity index (χ4n) is 4.93. The molecule has 0 bridgehead atoms. The topological polar surface area (TPSA) is 27.3 Å². The van der Waals surface area contributed by atoms with E-state index in [9.17, 15) is 17.6 Å². The summed E-state index contributed by atoms with van der Waals surface area (Å²) in [5, 5.41) is 6.37. The van der Waals surface area contributed by atoms with Crippen LogP contribution >= 0.6 is 0 Å². The molecule has 28 heavy (non-hydrogen) atoms. The molecular weight excluding hydrogens is 370 g/mol. The third-order valence-corrected chi connectivity index (χ3v) is 6.18. The molecule has 3 aliphatic rings. The van der Waals surface area contributed by atoms with Gasteiger partial charge in [0.2, 0.25) is 0 Å². The van der Waals surface area contributed by atoms with Crippen LogP contribution in [0.3, 0.4) is 0 Å². The van der Waals surface area contributed by atoms with Crippen molar-refractivity contribution in [3.05, 3.63) is 52.8 Å². The van der Waals surface area contributed by atoms with Gasteiger partial charge in [-0.25, -0.2) is 4.39 Å². The van der Waals surface area contributed by atoms with Gasteiger partial charge in [-0.1, -0.05) is 0 Å². The van der Waals surface area contributed by atoms with Gasteiger partial charge in [-0.05, 0) is 60.2 Å². The number of anilines is 3. The van der Waals surface area contributed by atoms with Gasteiger partial charge in [-0.3, -0.25) is 0 Å². The molecule has 148 valence electrons. The minimum Gasteiger partial charge on any atom is -0.371 e. The number of rotatable bonds is 2. The minimum absolute atomic E-state index is 0.147. The average molecular weight is 391 g/mol. The third-order valence-electron chi connectivity index (χ3n) is 6.18. The molecule has 3 heterocycles. The van der Waals surface area contributed by atoms with Crippen molar-refractivity contribution in [2.75, 3.05) is 36.4 Å². The molecule has 0 saturated carbocycles. The number of hydrogen-bond donors (Lipinski definition) is 2. The van der Waals surface area contributed by atoms with Crippen LogP contribution in [-0.4, -0.2) is 26.2 Å². The van der Waals surface area contributed by atoms with Crippen LogP contribution in [0.2, 0.25) is 0 Å². The number of hydrogen-bond acceptors (Lipinski definition) is 3. The predicted molar refractivity (Wildman–Crippen MR) is 101 cm³/mol. The van der Waals surface area contributed by atoms with Crippen molar-refractivity contribution < 1.29 is 17.6 Å². The van der Waals surface area contributed by atoms with Gasteiger partial charge in [0.1, 0.15) is 5.82 Å². The summed E-state index contributed by atoms with van der Waals surface area (Å²) in [5.41, 5.74) is 3.36. The van der Waals surface area contributed by atoms with E-state index >= 15 is 0 Å². The predicted octanol–water partition coefficient (Wildman–Crippen LogP) is 4.66. The van der Waals surface area contributed by atoms with Crippen LogP contribution < -0.4 is 15.5 Å². The van der Waals surface area contributed by atoms with E-state index in [1.807, 2.05) is 12.1 Å². The van der Waals surface area contributed by atoms with E-state index in [-0.39, 0.29) is 5.69 Å². The lowest BCUT2D eigenvalue weighted by molar-refractivity contribution is -0.137. The lowest BCUT2D eigenvalue weighted by atomic mass is 9.80. The molecule has 3 aliphatic heterocycles. The highest BCUT2D eigenvalue weighted by molar-refractivity contribution is 5.73. The first-order chi connectivity index (χ1) is 13.4. The van der Waals surface area contributed by atoms with Crippen LogP contribution in [0.5, 0.6) is 0 Å². The summed E-state index contributed by atoms with van der Waals surface area (Å²) in [4.78, 5) is 2.44. The van der Waals surface area contributed by atoms with Crippen LogP contribution in [0.1, 0.15) is 29.0 Å². The number of halogens is 4. The van der Waals surface area contributed by atoms with Crippen molar-refractivity contribution in [3.63, 3.8) is 0 Å². The van der Waals surface area contributed by atoms with Gasteiger partial charge in [-0.2, -0.15) is 13.2 Å². The number of alkyl halides is 3. The molecule has 2 aromatic rings. The van der Waals surface area contributed by atoms with Crippen molar-refractivity contribution in [1.29, 1.82) is 0 Å². The standard InChI is InChI=1S/C21H21F4N3/c22-18-4-3-14(21(23,24)25)7-19(18)27-15-6-12-2-1-5-28-11-13-9-26-10-17(13)16(8-15)20(12)28/h3-4,6-8,13,17,26-27H,1-2,5,9-11H2/t13-,17?/m1/s1. The molecule has 0 amide bonds. The summed E-state index contributed by atoms with van der Waals surface area (Å²) < 4.78 is 53.3. The monoisotopic (exact) mass is 391 g/mol. The Hall–Kier alpha value is -2.28. The first-order valence-electron chi connectivity index (χ1n) is 9.66. The number of nitrogens with zero attached hydrogens (tertiary/aromatic N) is 1. The zero-order chi connectivity index (χ0) is 19.5. The first kappa shape index (κ1) is 17.8. The van der Waals surface area contributed by atoms with E-state index in [1.54, 1.807) is 0 Å². The van der Waals surface area contributed by atoms with Crippen LogP contribution in [0.15, 0.2) is 30.3 Å². The largest absolute Gasteiger partial charge is 0.416 e. The van der Waals surface area contributed by atoms with Crippen molar-refractivity contribution >= 4 is 17.1 Å². The molecule has 2 aromatic carbocycles. The van der Waals surface area contributed by atoms with Crippen molar-refractivity contribution in [2.24, 2.45) is 5.92 Å². The summed E-state index contributed by atoms with van der Waals surface area (Å²) >= 11 is 0. The summed E-state index contributed by atoms with van der Waals surface area (Å²) in [5.74, 6) is 0.247. The molecule has 2 N–H and O–H groups in total. The summed E-state index contributed by atoms with van der Waals surface area (Å²) in [7, 11) is 0.